The average Bonchev–Trinajstić information content (AvgIpc) is 2.99. The summed E-state index contributed by atoms with van der Waals surface area (Å²) in [5.74, 6) is -1.34. The summed E-state index contributed by atoms with van der Waals surface area (Å²) in [5.41, 5.74) is 0.842. The number of likely N-dealkylation sites (tertiary alicyclic amines) is 1. The molecule has 0 aromatic heterocycles. The minimum absolute atomic E-state index is 0.0376. The van der Waals surface area contributed by atoms with Gasteiger partial charge in [0.05, 0.1) is 23.7 Å². The van der Waals surface area contributed by atoms with E-state index in [1.54, 1.807) is 31.4 Å². The number of rotatable bonds is 7. The van der Waals surface area contributed by atoms with Gasteiger partial charge in [-0.2, -0.15) is 0 Å². The first kappa shape index (κ1) is 21.7. The van der Waals surface area contributed by atoms with E-state index in [4.69, 9.17) is 21.1 Å². The highest BCUT2D eigenvalue weighted by atomic mass is 35.5. The van der Waals surface area contributed by atoms with Crippen molar-refractivity contribution in [2.45, 2.75) is 12.5 Å². The second-order valence-corrected chi connectivity index (χ2v) is 7.19. The minimum atomic E-state index is -0.802. The number of methoxy groups -OCH3 is 2. The number of ketones is 1. The summed E-state index contributed by atoms with van der Waals surface area (Å²) in [5, 5.41) is 20.9. The maximum atomic E-state index is 12.9. The van der Waals surface area contributed by atoms with Crippen molar-refractivity contribution in [3.8, 4) is 11.5 Å². The molecule has 3 rings (SSSR count). The second kappa shape index (κ2) is 9.19. The number of hydrogen-bond acceptors (Lipinski definition) is 6. The van der Waals surface area contributed by atoms with Crippen LogP contribution in [0.15, 0.2) is 48.0 Å². The molecule has 1 aliphatic rings. The zero-order valence-electron chi connectivity index (χ0n) is 16.6. The van der Waals surface area contributed by atoms with Gasteiger partial charge in [0.1, 0.15) is 17.3 Å². The van der Waals surface area contributed by atoms with E-state index in [0.29, 0.717) is 29.9 Å². The molecular formula is C22H22ClNO6. The molecule has 0 spiro atoms. The first-order valence-electron chi connectivity index (χ1n) is 9.29. The monoisotopic (exact) mass is 431 g/mol. The zero-order chi connectivity index (χ0) is 21.8. The summed E-state index contributed by atoms with van der Waals surface area (Å²) in [4.78, 5) is 27.0. The molecule has 0 aliphatic carbocycles. The quantitative estimate of drug-likeness (QED) is 0.301. The van der Waals surface area contributed by atoms with Crippen LogP contribution in [0.4, 0.5) is 0 Å². The van der Waals surface area contributed by atoms with Crippen LogP contribution < -0.4 is 4.74 Å². The van der Waals surface area contributed by atoms with Gasteiger partial charge in [0.15, 0.2) is 0 Å². The third-order valence-electron chi connectivity index (χ3n) is 4.92. The normalized spacial score (nSPS) is 18.1. The highest BCUT2D eigenvalue weighted by molar-refractivity contribution is 6.46. The first-order chi connectivity index (χ1) is 14.4. The van der Waals surface area contributed by atoms with Crippen molar-refractivity contribution in [2.24, 2.45) is 0 Å². The van der Waals surface area contributed by atoms with Gasteiger partial charge in [-0.15, -0.1) is 0 Å². The number of phenols is 1. The molecule has 7 nitrogen and oxygen atoms in total. The Morgan fingerprint density at radius 1 is 1.13 bits per heavy atom. The Morgan fingerprint density at radius 2 is 1.83 bits per heavy atom. The van der Waals surface area contributed by atoms with Crippen molar-refractivity contribution < 1.29 is 29.3 Å². The van der Waals surface area contributed by atoms with Gasteiger partial charge in [0.2, 0.25) is 0 Å². The van der Waals surface area contributed by atoms with Crippen molar-refractivity contribution in [3.63, 3.8) is 0 Å². The predicted molar refractivity (Wildman–Crippen MR) is 112 cm³/mol. The average molecular weight is 432 g/mol. The Kier molecular flexibility index (Phi) is 6.64. The fourth-order valence-corrected chi connectivity index (χ4v) is 3.72. The molecule has 2 N–H and O–H groups in total. The molecule has 0 bridgehead atoms. The lowest BCUT2D eigenvalue weighted by atomic mass is 9.95. The van der Waals surface area contributed by atoms with E-state index in [2.05, 4.69) is 0 Å². The number of phenolic OH excluding ortho intramolecular Hbond substituents is 1. The SMILES string of the molecule is COCCCN1C(=O)C(=O)/C(=C(\O)c2ccc(OC)c(Cl)c2)C1c1ccc(O)cc1. The number of Topliss-reactive ketones (excluding diaryl/α,β-unsaturated/α-hetero) is 1. The summed E-state index contributed by atoms with van der Waals surface area (Å²) in [6.45, 7) is 0.684. The van der Waals surface area contributed by atoms with Gasteiger partial charge < -0.3 is 24.6 Å². The van der Waals surface area contributed by atoms with E-state index in [1.807, 2.05) is 0 Å². The molecule has 1 fully saturated rings. The van der Waals surface area contributed by atoms with Crippen molar-refractivity contribution in [2.75, 3.05) is 27.4 Å². The van der Waals surface area contributed by atoms with E-state index < -0.39 is 17.7 Å². The number of halogens is 1. The van der Waals surface area contributed by atoms with Crippen molar-refractivity contribution in [1.29, 1.82) is 0 Å². The van der Waals surface area contributed by atoms with Gasteiger partial charge in [-0.05, 0) is 42.3 Å². The topological polar surface area (TPSA) is 96.3 Å². The lowest BCUT2D eigenvalue weighted by Gasteiger charge is -2.25. The maximum absolute atomic E-state index is 12.9. The number of aliphatic hydroxyl groups excluding tert-OH is 1. The summed E-state index contributed by atoms with van der Waals surface area (Å²) in [6, 6.07) is 9.97. The highest BCUT2D eigenvalue weighted by Gasteiger charge is 2.45. The standard InChI is InChI=1S/C22H22ClNO6/c1-29-11-3-10-24-19(13-4-7-15(25)8-5-13)18(21(27)22(24)28)20(26)14-6-9-17(30-2)16(23)12-14/h4-9,12,19,25-26H,3,10-11H2,1-2H3/b20-18-. The number of aliphatic hydroxyl groups is 1. The molecule has 1 atom stereocenters. The van der Waals surface area contributed by atoms with E-state index in [1.165, 1.54) is 30.2 Å². The number of nitrogens with zero attached hydrogens (tertiary/aromatic N) is 1. The molecule has 30 heavy (non-hydrogen) atoms. The first-order valence-corrected chi connectivity index (χ1v) is 9.67. The van der Waals surface area contributed by atoms with E-state index in [9.17, 15) is 19.8 Å². The number of benzene rings is 2. The molecule has 8 heteroatoms. The van der Waals surface area contributed by atoms with Crippen LogP contribution in [0, 0.1) is 0 Å². The minimum Gasteiger partial charge on any atom is -0.508 e. The van der Waals surface area contributed by atoms with Crippen molar-refractivity contribution in [1.82, 2.24) is 4.90 Å². The molecule has 2 aromatic rings. The van der Waals surface area contributed by atoms with Gasteiger partial charge in [0, 0.05) is 25.8 Å². The van der Waals surface area contributed by atoms with Crippen molar-refractivity contribution in [3.05, 3.63) is 64.2 Å². The van der Waals surface area contributed by atoms with Crippen LogP contribution in [0.25, 0.3) is 5.76 Å². The fraction of sp³-hybridized carbons (Fsp3) is 0.273. The summed E-state index contributed by atoms with van der Waals surface area (Å²) in [7, 11) is 3.02. The van der Waals surface area contributed by atoms with Crippen LogP contribution in [0.5, 0.6) is 11.5 Å². The Hall–Kier alpha value is -3.03. The van der Waals surface area contributed by atoms with Crippen LogP contribution in [0.2, 0.25) is 5.02 Å². The number of ether oxygens (including phenoxy) is 2. The van der Waals surface area contributed by atoms with Gasteiger partial charge in [-0.3, -0.25) is 9.59 Å². The van der Waals surface area contributed by atoms with E-state index >= 15 is 0 Å². The van der Waals surface area contributed by atoms with Crippen LogP contribution in [-0.4, -0.2) is 54.2 Å². The smallest absolute Gasteiger partial charge is 0.295 e. The molecule has 2 aromatic carbocycles. The number of amides is 1. The molecule has 158 valence electrons. The number of carbonyl (C=O) groups excluding carboxylic acids is 2. The molecule has 1 amide bonds. The molecule has 0 radical (unpaired) electrons. The zero-order valence-corrected chi connectivity index (χ0v) is 17.3. The molecule has 0 saturated carbocycles. The Bertz CT molecular complexity index is 986. The third kappa shape index (κ3) is 4.13. The number of aromatic hydroxyl groups is 1. The van der Waals surface area contributed by atoms with E-state index in [-0.39, 0.29) is 28.6 Å². The van der Waals surface area contributed by atoms with Crippen LogP contribution in [0.1, 0.15) is 23.6 Å². The van der Waals surface area contributed by atoms with Crippen LogP contribution in [0.3, 0.4) is 0 Å². The number of carbonyl (C=O) groups is 2. The lowest BCUT2D eigenvalue weighted by Crippen LogP contribution is -2.31. The Balaban J connectivity index is 2.12. The summed E-state index contributed by atoms with van der Waals surface area (Å²) in [6.07, 6.45) is 0.520. The van der Waals surface area contributed by atoms with Crippen LogP contribution in [-0.2, 0) is 14.3 Å². The Morgan fingerprint density at radius 3 is 2.43 bits per heavy atom. The molecular weight excluding hydrogens is 410 g/mol. The molecule has 1 aliphatic heterocycles. The lowest BCUT2D eigenvalue weighted by molar-refractivity contribution is -0.140. The maximum Gasteiger partial charge on any atom is 0.295 e. The molecule has 1 unspecified atom stereocenters. The van der Waals surface area contributed by atoms with Gasteiger partial charge in [0.25, 0.3) is 11.7 Å². The van der Waals surface area contributed by atoms with Gasteiger partial charge in [-0.1, -0.05) is 23.7 Å². The highest BCUT2D eigenvalue weighted by Crippen LogP contribution is 2.40. The van der Waals surface area contributed by atoms with Gasteiger partial charge >= 0.3 is 0 Å². The van der Waals surface area contributed by atoms with Crippen molar-refractivity contribution >= 4 is 29.1 Å². The summed E-state index contributed by atoms with van der Waals surface area (Å²) >= 11 is 6.17. The molecule has 1 heterocycles. The number of hydrogen-bond donors (Lipinski definition) is 2. The predicted octanol–water partition coefficient (Wildman–Crippen LogP) is 3.51. The fourth-order valence-electron chi connectivity index (χ4n) is 3.46. The Labute approximate surface area is 179 Å². The second-order valence-electron chi connectivity index (χ2n) is 6.78. The summed E-state index contributed by atoms with van der Waals surface area (Å²) < 4.78 is 10.2. The van der Waals surface area contributed by atoms with Gasteiger partial charge in [-0.25, -0.2) is 0 Å². The largest absolute Gasteiger partial charge is 0.508 e. The van der Waals surface area contributed by atoms with E-state index in [0.717, 1.165) is 0 Å². The molecule has 1 saturated heterocycles. The van der Waals surface area contributed by atoms with Crippen LogP contribution >= 0.6 is 11.6 Å². The third-order valence-corrected chi connectivity index (χ3v) is 5.22.